The highest BCUT2D eigenvalue weighted by Gasteiger charge is 2.48. The summed E-state index contributed by atoms with van der Waals surface area (Å²) in [5.41, 5.74) is 13.0. The Bertz CT molecular complexity index is 1440. The number of allylic oxidation sites excluding steroid dienone is 1. The summed E-state index contributed by atoms with van der Waals surface area (Å²) in [7, 11) is 0. The summed E-state index contributed by atoms with van der Waals surface area (Å²) in [6.07, 6.45) is 8.83. The molecule has 0 radical (unpaired) electrons. The minimum absolute atomic E-state index is 0.181. The average molecular weight is 520 g/mol. The van der Waals surface area contributed by atoms with Gasteiger partial charge in [-0.2, -0.15) is 0 Å². The molecule has 3 aliphatic rings. The van der Waals surface area contributed by atoms with Crippen molar-refractivity contribution in [3.8, 4) is 11.1 Å². The Kier molecular flexibility index (Phi) is 6.86. The van der Waals surface area contributed by atoms with E-state index < -0.39 is 5.41 Å². The van der Waals surface area contributed by atoms with Crippen molar-refractivity contribution in [2.75, 3.05) is 19.6 Å². The number of primary amides is 1. The fraction of sp³-hybridized carbons (Fsp3) is 0.353. The van der Waals surface area contributed by atoms with Crippen LogP contribution in [0.15, 0.2) is 78.9 Å². The van der Waals surface area contributed by atoms with E-state index in [4.69, 9.17) is 5.73 Å². The van der Waals surface area contributed by atoms with Gasteiger partial charge < -0.3 is 10.6 Å². The number of aryl methyl sites for hydroxylation is 1. The molecule has 0 spiro atoms. The number of nitrogens with two attached hydrogens (primary N) is 1. The third kappa shape index (κ3) is 4.29. The summed E-state index contributed by atoms with van der Waals surface area (Å²) in [6.45, 7) is 5.67. The molecule has 2 heterocycles. The largest absolute Gasteiger partial charge is 0.369 e. The number of carbonyl (C=O) groups is 2. The normalized spacial score (nSPS) is 20.8. The Morgan fingerprint density at radius 1 is 0.949 bits per heavy atom. The van der Waals surface area contributed by atoms with Crippen molar-refractivity contribution in [3.63, 3.8) is 0 Å². The average Bonchev–Trinajstić information content (AvgIpc) is 3.45. The minimum atomic E-state index is -0.841. The molecule has 5 heteroatoms. The van der Waals surface area contributed by atoms with Gasteiger partial charge in [0.1, 0.15) is 5.41 Å². The van der Waals surface area contributed by atoms with E-state index in [1.54, 1.807) is 0 Å². The van der Waals surface area contributed by atoms with Crippen LogP contribution in [0.5, 0.6) is 0 Å². The summed E-state index contributed by atoms with van der Waals surface area (Å²) in [5, 5.41) is 0. The number of hydrogen-bond donors (Lipinski definition) is 1. The van der Waals surface area contributed by atoms with Crippen LogP contribution in [-0.2, 0) is 23.2 Å². The van der Waals surface area contributed by atoms with Gasteiger partial charge in [0, 0.05) is 37.8 Å². The van der Waals surface area contributed by atoms with Crippen LogP contribution in [0.4, 0.5) is 0 Å². The molecule has 0 saturated carbocycles. The number of piperidine rings is 1. The van der Waals surface area contributed by atoms with Crippen LogP contribution in [0.2, 0.25) is 0 Å². The third-order valence-corrected chi connectivity index (χ3v) is 9.00. The topological polar surface area (TPSA) is 66.6 Å². The molecule has 3 aromatic rings. The number of amides is 2. The summed E-state index contributed by atoms with van der Waals surface area (Å²) < 4.78 is 0. The molecule has 1 fully saturated rings. The van der Waals surface area contributed by atoms with Crippen LogP contribution < -0.4 is 5.73 Å². The number of nitrogens with zero attached hydrogens (tertiary/aromatic N) is 2. The first-order valence-electron chi connectivity index (χ1n) is 14.3. The molecule has 6 rings (SSSR count). The molecule has 1 unspecified atom stereocenters. The molecular weight excluding hydrogens is 482 g/mol. The lowest BCUT2D eigenvalue weighted by molar-refractivity contribution is -0.122. The van der Waals surface area contributed by atoms with Gasteiger partial charge in [-0.05, 0) is 65.1 Å². The number of likely N-dealkylation sites (tertiary alicyclic amines) is 1. The van der Waals surface area contributed by atoms with Gasteiger partial charge in [0.25, 0.3) is 5.91 Å². The lowest BCUT2D eigenvalue weighted by atomic mass is 9.72. The maximum absolute atomic E-state index is 13.3. The molecule has 0 aromatic heterocycles. The molecular formula is C34H37N3O2. The van der Waals surface area contributed by atoms with Gasteiger partial charge in [-0.25, -0.2) is 0 Å². The van der Waals surface area contributed by atoms with Gasteiger partial charge in [-0.3, -0.25) is 14.5 Å². The molecule has 1 saturated heterocycles. The molecule has 0 bridgehead atoms. The molecule has 1 atom stereocenters. The number of rotatable bonds is 8. The Hall–Kier alpha value is -3.70. The highest BCUT2D eigenvalue weighted by Crippen LogP contribution is 2.52. The van der Waals surface area contributed by atoms with E-state index in [-0.39, 0.29) is 11.8 Å². The molecule has 3 aromatic carbocycles. The fourth-order valence-corrected chi connectivity index (χ4v) is 7.07. The number of fused-ring (bicyclic) bond motifs is 4. The first kappa shape index (κ1) is 25.6. The molecule has 2 aliphatic heterocycles. The van der Waals surface area contributed by atoms with Crippen molar-refractivity contribution < 1.29 is 9.59 Å². The zero-order chi connectivity index (χ0) is 27.0. The van der Waals surface area contributed by atoms with Crippen LogP contribution in [0.1, 0.15) is 65.2 Å². The summed E-state index contributed by atoms with van der Waals surface area (Å²) in [6, 6.07) is 22.9. The zero-order valence-corrected chi connectivity index (χ0v) is 22.7. The molecule has 2 amide bonds. The maximum Gasteiger partial charge on any atom is 0.254 e. The minimum Gasteiger partial charge on any atom is -0.369 e. The molecule has 2 N–H and O–H groups in total. The Balaban J connectivity index is 1.15. The quantitative estimate of drug-likeness (QED) is 0.402. The first-order chi connectivity index (χ1) is 19.0. The van der Waals surface area contributed by atoms with E-state index in [2.05, 4.69) is 65.3 Å². The van der Waals surface area contributed by atoms with Crippen LogP contribution in [0.3, 0.4) is 0 Å². The lowest BCUT2D eigenvalue weighted by Crippen LogP contribution is -2.45. The second-order valence-corrected chi connectivity index (χ2v) is 11.2. The fourth-order valence-electron chi connectivity index (χ4n) is 7.07. The van der Waals surface area contributed by atoms with Gasteiger partial charge in [0.15, 0.2) is 0 Å². The van der Waals surface area contributed by atoms with E-state index in [1.807, 2.05) is 30.3 Å². The molecule has 5 nitrogen and oxygen atoms in total. The van der Waals surface area contributed by atoms with E-state index in [0.717, 1.165) is 85.2 Å². The number of carbonyl (C=O) groups excluding carboxylic acids is 2. The standard InChI is InChI=1S/C34H37N3O2/c1-2-10-24-12-9-15-29-28-14-5-6-16-30(28)34(31(24)29,33(35)39)19-7-8-20-36-21-17-26(18-22-36)37-23-25-11-3-4-13-27(25)32(37)38/h3-9,11-16,26H,2,10,17-23H2,1H3,(H2,35,39). The van der Waals surface area contributed by atoms with E-state index >= 15 is 0 Å². The van der Waals surface area contributed by atoms with Crippen molar-refractivity contribution in [1.82, 2.24) is 9.80 Å². The van der Waals surface area contributed by atoms with Crippen molar-refractivity contribution in [2.45, 2.75) is 57.0 Å². The predicted octanol–water partition coefficient (Wildman–Crippen LogP) is 5.46. The monoisotopic (exact) mass is 519 g/mol. The van der Waals surface area contributed by atoms with Gasteiger partial charge in [-0.15, -0.1) is 0 Å². The van der Waals surface area contributed by atoms with Crippen molar-refractivity contribution >= 4 is 11.8 Å². The van der Waals surface area contributed by atoms with E-state index in [1.165, 1.54) is 5.56 Å². The van der Waals surface area contributed by atoms with Crippen LogP contribution in [0, 0.1) is 0 Å². The lowest BCUT2D eigenvalue weighted by Gasteiger charge is -2.36. The highest BCUT2D eigenvalue weighted by molar-refractivity contribution is 6.01. The van der Waals surface area contributed by atoms with Gasteiger partial charge in [-0.1, -0.05) is 86.2 Å². The molecule has 39 heavy (non-hydrogen) atoms. The SMILES string of the molecule is CCCc1cccc2c1C(CC=CCN1CCC(N3Cc4ccccc4C3=O)CC1)(C(N)=O)c1ccccc1-2. The van der Waals surface area contributed by atoms with E-state index in [9.17, 15) is 9.59 Å². The van der Waals surface area contributed by atoms with Crippen molar-refractivity contribution in [2.24, 2.45) is 5.73 Å². The molecule has 1 aliphatic carbocycles. The Morgan fingerprint density at radius 3 is 2.41 bits per heavy atom. The number of benzene rings is 3. The second-order valence-electron chi connectivity index (χ2n) is 11.2. The second kappa shape index (κ2) is 10.5. The van der Waals surface area contributed by atoms with E-state index in [0.29, 0.717) is 12.5 Å². The van der Waals surface area contributed by atoms with Gasteiger partial charge in [0.05, 0.1) is 0 Å². The Labute approximate surface area is 231 Å². The van der Waals surface area contributed by atoms with Gasteiger partial charge >= 0.3 is 0 Å². The van der Waals surface area contributed by atoms with Crippen molar-refractivity contribution in [1.29, 1.82) is 0 Å². The third-order valence-electron chi connectivity index (χ3n) is 9.00. The zero-order valence-electron chi connectivity index (χ0n) is 22.7. The van der Waals surface area contributed by atoms with Gasteiger partial charge in [0.2, 0.25) is 5.91 Å². The van der Waals surface area contributed by atoms with Crippen LogP contribution in [-0.4, -0.2) is 47.3 Å². The van der Waals surface area contributed by atoms with Crippen LogP contribution in [0.25, 0.3) is 11.1 Å². The summed E-state index contributed by atoms with van der Waals surface area (Å²) in [5.74, 6) is -0.0979. The Morgan fingerprint density at radius 2 is 1.67 bits per heavy atom. The summed E-state index contributed by atoms with van der Waals surface area (Å²) in [4.78, 5) is 30.7. The summed E-state index contributed by atoms with van der Waals surface area (Å²) >= 11 is 0. The smallest absolute Gasteiger partial charge is 0.254 e. The van der Waals surface area contributed by atoms with Crippen molar-refractivity contribution in [3.05, 3.63) is 107 Å². The number of hydrogen-bond acceptors (Lipinski definition) is 3. The molecule has 200 valence electrons. The maximum atomic E-state index is 13.3. The highest BCUT2D eigenvalue weighted by atomic mass is 16.2. The van der Waals surface area contributed by atoms with Crippen LogP contribution >= 0.6 is 0 Å². The predicted molar refractivity (Wildman–Crippen MR) is 155 cm³/mol. The first-order valence-corrected chi connectivity index (χ1v) is 14.3.